The molecule has 3 N–H and O–H groups in total. The Bertz CT molecular complexity index is 1780. The van der Waals surface area contributed by atoms with E-state index in [-0.39, 0.29) is 12.6 Å². The summed E-state index contributed by atoms with van der Waals surface area (Å²) in [5.74, 6) is 1.65. The van der Waals surface area contributed by atoms with E-state index in [1.165, 1.54) is 16.2 Å². The van der Waals surface area contributed by atoms with Crippen LogP contribution >= 0.6 is 11.3 Å². The molecule has 5 heterocycles. The van der Waals surface area contributed by atoms with Crippen LogP contribution < -0.4 is 10.5 Å². The van der Waals surface area contributed by atoms with Gasteiger partial charge in [-0.3, -0.25) is 0 Å². The summed E-state index contributed by atoms with van der Waals surface area (Å²) >= 11 is 1.54. The minimum absolute atomic E-state index is 0.0943. The standard InChI is InChI=1S/C31H36N8O3S/c1-17(21-7-5-13-38(21)2)39-28-20(15-34-39)29(41-16-30(40)11-12-30)36-27(35-28)24-18-6-3-9-31(25(18)42-37-24)10-4-8-22-23(31)19(14-32)26(33)43-22/h15,17,21,40H,3-13,16,33H2,1-2H3/t17-,21-,31-/m0/s1. The third kappa shape index (κ3) is 4.12. The number of hydrogen-bond acceptors (Lipinski definition) is 11. The number of likely N-dealkylation sites (tertiary alicyclic amines) is 1. The lowest BCUT2D eigenvalue weighted by atomic mass is 9.63. The van der Waals surface area contributed by atoms with Crippen molar-refractivity contribution in [1.29, 1.82) is 5.26 Å². The Kier molecular flexibility index (Phi) is 6.13. The molecule has 11 nitrogen and oxygen atoms in total. The van der Waals surface area contributed by atoms with Gasteiger partial charge in [-0.05, 0) is 90.3 Å². The molecule has 0 aromatic carbocycles. The van der Waals surface area contributed by atoms with Crippen molar-refractivity contribution in [3.05, 3.63) is 33.5 Å². The molecule has 0 radical (unpaired) electrons. The number of nitrogens with zero attached hydrogens (tertiary/aromatic N) is 7. The van der Waals surface area contributed by atoms with Gasteiger partial charge in [-0.1, -0.05) is 5.16 Å². The van der Waals surface area contributed by atoms with Gasteiger partial charge >= 0.3 is 0 Å². The zero-order chi connectivity index (χ0) is 29.5. The van der Waals surface area contributed by atoms with E-state index in [1.807, 2.05) is 4.68 Å². The molecule has 1 aliphatic heterocycles. The summed E-state index contributed by atoms with van der Waals surface area (Å²) in [6.07, 6.45) is 10.9. The molecule has 0 amide bonds. The van der Waals surface area contributed by atoms with E-state index in [9.17, 15) is 10.4 Å². The molecule has 4 aromatic rings. The number of aliphatic hydroxyl groups is 1. The Labute approximate surface area is 253 Å². The number of rotatable bonds is 6. The number of thiophene rings is 1. The second-order valence-corrected chi connectivity index (χ2v) is 14.1. The molecule has 2 fully saturated rings. The largest absolute Gasteiger partial charge is 0.474 e. The smallest absolute Gasteiger partial charge is 0.228 e. The monoisotopic (exact) mass is 600 g/mol. The van der Waals surface area contributed by atoms with Crippen LogP contribution in [0.1, 0.15) is 91.7 Å². The Balaban J connectivity index is 1.26. The van der Waals surface area contributed by atoms with Crippen LogP contribution in [0.2, 0.25) is 0 Å². The van der Waals surface area contributed by atoms with Crippen LogP contribution in [0.25, 0.3) is 22.6 Å². The summed E-state index contributed by atoms with van der Waals surface area (Å²) in [7, 11) is 2.16. The first kappa shape index (κ1) is 27.0. The average Bonchev–Trinajstić information content (AvgIpc) is 3.45. The Hall–Kier alpha value is -3.53. The van der Waals surface area contributed by atoms with Crippen molar-refractivity contribution in [2.45, 2.75) is 94.2 Å². The summed E-state index contributed by atoms with van der Waals surface area (Å²) in [5, 5.41) is 31.3. The minimum atomic E-state index is -0.799. The van der Waals surface area contributed by atoms with Crippen LogP contribution in [-0.4, -0.2) is 66.8 Å². The highest BCUT2D eigenvalue weighted by Crippen LogP contribution is 2.55. The number of likely N-dealkylation sites (N-methyl/N-ethyl adjacent to an activating group) is 1. The van der Waals surface area contributed by atoms with Crippen molar-refractivity contribution < 1.29 is 14.4 Å². The van der Waals surface area contributed by atoms with Gasteiger partial charge in [0.1, 0.15) is 23.1 Å². The van der Waals surface area contributed by atoms with Crippen LogP contribution in [0.5, 0.6) is 5.88 Å². The zero-order valence-corrected chi connectivity index (χ0v) is 25.4. The molecule has 43 heavy (non-hydrogen) atoms. The molecule has 8 rings (SSSR count). The maximum absolute atomic E-state index is 10.6. The lowest BCUT2D eigenvalue weighted by Gasteiger charge is -2.39. The number of aromatic nitrogens is 5. The number of hydrogen-bond donors (Lipinski definition) is 2. The van der Waals surface area contributed by atoms with E-state index >= 15 is 0 Å². The number of nitrogens with two attached hydrogens (primary N) is 1. The highest BCUT2D eigenvalue weighted by molar-refractivity contribution is 7.16. The second-order valence-electron chi connectivity index (χ2n) is 13.0. The van der Waals surface area contributed by atoms with E-state index < -0.39 is 11.0 Å². The van der Waals surface area contributed by atoms with Crippen LogP contribution in [0, 0.1) is 11.3 Å². The van der Waals surface area contributed by atoms with Crippen LogP contribution in [0.3, 0.4) is 0 Å². The first-order valence-electron chi connectivity index (χ1n) is 15.4. The van der Waals surface area contributed by atoms with Gasteiger partial charge in [-0.2, -0.15) is 15.3 Å². The molecule has 0 unspecified atom stereocenters. The summed E-state index contributed by atoms with van der Waals surface area (Å²) < 4.78 is 14.4. The Morgan fingerprint density at radius 1 is 1.23 bits per heavy atom. The van der Waals surface area contributed by atoms with Crippen LogP contribution in [-0.2, 0) is 18.3 Å². The van der Waals surface area contributed by atoms with E-state index in [0.717, 1.165) is 93.0 Å². The third-order valence-corrected chi connectivity index (χ3v) is 11.4. The molecule has 3 atom stereocenters. The fraction of sp³-hybridized carbons (Fsp3) is 0.581. The first-order valence-corrected chi connectivity index (χ1v) is 16.3. The Morgan fingerprint density at radius 3 is 2.79 bits per heavy atom. The van der Waals surface area contributed by atoms with E-state index in [0.29, 0.717) is 39.7 Å². The molecule has 4 aliphatic rings. The van der Waals surface area contributed by atoms with Crippen molar-refractivity contribution >= 4 is 27.4 Å². The predicted molar refractivity (Wildman–Crippen MR) is 161 cm³/mol. The maximum atomic E-state index is 10.6. The van der Waals surface area contributed by atoms with Gasteiger partial charge in [0.25, 0.3) is 0 Å². The molecular weight excluding hydrogens is 564 g/mol. The van der Waals surface area contributed by atoms with Crippen molar-refractivity contribution in [3.8, 4) is 23.5 Å². The van der Waals surface area contributed by atoms with Gasteiger partial charge in [-0.15, -0.1) is 11.3 Å². The summed E-state index contributed by atoms with van der Waals surface area (Å²) in [6, 6.07) is 2.84. The zero-order valence-electron chi connectivity index (χ0n) is 24.6. The summed E-state index contributed by atoms with van der Waals surface area (Å²) in [4.78, 5) is 13.5. The molecule has 224 valence electrons. The van der Waals surface area contributed by atoms with Crippen molar-refractivity contribution in [1.82, 2.24) is 29.8 Å². The quantitative estimate of drug-likeness (QED) is 0.323. The molecular formula is C31H36N8O3S. The van der Waals surface area contributed by atoms with Gasteiger partial charge < -0.3 is 25.0 Å². The molecule has 4 aromatic heterocycles. The average molecular weight is 601 g/mol. The fourth-order valence-corrected chi connectivity index (χ4v) is 8.99. The molecule has 12 heteroatoms. The normalized spacial score (nSPS) is 25.0. The second kappa shape index (κ2) is 9.74. The lowest BCUT2D eigenvalue weighted by Crippen LogP contribution is -2.35. The highest BCUT2D eigenvalue weighted by atomic mass is 32.1. The Morgan fingerprint density at radius 2 is 2.05 bits per heavy atom. The van der Waals surface area contributed by atoms with Crippen LogP contribution in [0.4, 0.5) is 5.00 Å². The molecule has 1 saturated carbocycles. The molecule has 1 spiro atoms. The number of ether oxygens (including phenoxy) is 1. The number of fused-ring (bicyclic) bond motifs is 5. The number of nitriles is 1. The molecule has 3 aliphatic carbocycles. The molecule has 1 saturated heterocycles. The van der Waals surface area contributed by atoms with Gasteiger partial charge in [0.2, 0.25) is 5.88 Å². The van der Waals surface area contributed by atoms with E-state index in [1.54, 1.807) is 6.20 Å². The number of nitrogen functional groups attached to an aromatic ring is 1. The topological polar surface area (TPSA) is 152 Å². The van der Waals surface area contributed by atoms with Crippen molar-refractivity contribution in [2.75, 3.05) is 25.9 Å². The molecule has 0 bridgehead atoms. The SMILES string of the molecule is C[C@@H]([C@@H]1CCCN1C)n1ncc2c(OCC3(O)CC3)nc(-c3noc4c3CCC[C@@]43CCCc4sc(N)c(C#N)c43)nc21. The lowest BCUT2D eigenvalue weighted by molar-refractivity contribution is 0.0842. The van der Waals surface area contributed by atoms with Gasteiger partial charge in [-0.25, -0.2) is 9.67 Å². The number of anilines is 1. The first-order chi connectivity index (χ1) is 20.8. The summed E-state index contributed by atoms with van der Waals surface area (Å²) in [6.45, 7) is 3.43. The van der Waals surface area contributed by atoms with Crippen molar-refractivity contribution in [3.63, 3.8) is 0 Å². The van der Waals surface area contributed by atoms with Crippen LogP contribution in [0.15, 0.2) is 10.7 Å². The highest BCUT2D eigenvalue weighted by Gasteiger charge is 2.49. The fourth-order valence-electron chi connectivity index (χ4n) is 7.83. The van der Waals surface area contributed by atoms with E-state index in [2.05, 4.69) is 30.1 Å². The van der Waals surface area contributed by atoms with Gasteiger partial charge in [0, 0.05) is 16.5 Å². The summed E-state index contributed by atoms with van der Waals surface area (Å²) in [5.41, 5.74) is 9.04. The maximum Gasteiger partial charge on any atom is 0.228 e. The van der Waals surface area contributed by atoms with Crippen molar-refractivity contribution in [2.24, 2.45) is 0 Å². The minimum Gasteiger partial charge on any atom is -0.474 e. The van der Waals surface area contributed by atoms with Gasteiger partial charge in [0.15, 0.2) is 22.9 Å². The number of aryl methyl sites for hydroxylation is 1. The van der Waals surface area contributed by atoms with Gasteiger partial charge in [0.05, 0.1) is 28.8 Å². The third-order valence-electron chi connectivity index (χ3n) is 10.3. The predicted octanol–water partition coefficient (Wildman–Crippen LogP) is 4.51. The van der Waals surface area contributed by atoms with E-state index in [4.69, 9.17) is 30.1 Å².